The molecule has 0 fully saturated rings. The van der Waals surface area contributed by atoms with Gasteiger partial charge in [0, 0.05) is 22.2 Å². The Kier molecular flexibility index (Phi) is 7.20. The number of nitrogens with zero attached hydrogens (tertiary/aromatic N) is 1. The van der Waals surface area contributed by atoms with Crippen LogP contribution >= 0.6 is 7.60 Å². The first-order valence-corrected chi connectivity index (χ1v) is 13.9. The van der Waals surface area contributed by atoms with Crippen LogP contribution in [-0.4, -0.2) is 17.8 Å². The molecule has 0 amide bonds. The van der Waals surface area contributed by atoms with Crippen molar-refractivity contribution in [2.75, 3.05) is 13.2 Å². The third kappa shape index (κ3) is 4.44. The van der Waals surface area contributed by atoms with E-state index in [0.717, 1.165) is 33.3 Å². The van der Waals surface area contributed by atoms with Crippen LogP contribution < -0.4 is 5.44 Å². The van der Waals surface area contributed by atoms with Crippen molar-refractivity contribution in [2.45, 2.75) is 19.8 Å². The zero-order valence-electron chi connectivity index (χ0n) is 20.6. The fourth-order valence-corrected chi connectivity index (χ4v) is 6.91. The maximum absolute atomic E-state index is 14.5. The molecule has 36 heavy (non-hydrogen) atoms. The molecule has 0 atom stereocenters. The van der Waals surface area contributed by atoms with Gasteiger partial charge in [-0.25, -0.2) is 0 Å². The van der Waals surface area contributed by atoms with Crippen LogP contribution in [0.3, 0.4) is 0 Å². The van der Waals surface area contributed by atoms with E-state index in [4.69, 9.17) is 9.05 Å². The third-order valence-corrected chi connectivity index (χ3v) is 8.46. The van der Waals surface area contributed by atoms with Crippen molar-refractivity contribution in [3.8, 4) is 5.69 Å². The van der Waals surface area contributed by atoms with Crippen molar-refractivity contribution in [1.82, 2.24) is 4.57 Å². The molecule has 0 bridgehead atoms. The molecule has 0 radical (unpaired) electrons. The lowest BCUT2D eigenvalue weighted by Crippen LogP contribution is -2.23. The number of benzene rings is 4. The van der Waals surface area contributed by atoms with Gasteiger partial charge in [0.05, 0.1) is 19.1 Å². The van der Waals surface area contributed by atoms with Crippen LogP contribution in [0.5, 0.6) is 0 Å². The van der Waals surface area contributed by atoms with Crippen molar-refractivity contribution in [3.63, 3.8) is 0 Å². The predicted molar refractivity (Wildman–Crippen MR) is 148 cm³/mol. The van der Waals surface area contributed by atoms with Crippen molar-refractivity contribution in [2.24, 2.45) is 0 Å². The third-order valence-electron chi connectivity index (χ3n) is 6.31. The molecule has 4 aromatic carbocycles. The predicted octanol–water partition coefficient (Wildman–Crippen LogP) is 7.70. The van der Waals surface area contributed by atoms with Crippen LogP contribution in [0.2, 0.25) is 0 Å². The minimum absolute atomic E-state index is 0.108. The highest BCUT2D eigenvalue weighted by Crippen LogP contribution is 2.51. The van der Waals surface area contributed by atoms with E-state index in [-0.39, 0.29) is 19.1 Å². The van der Waals surface area contributed by atoms with Gasteiger partial charge in [0.25, 0.3) is 0 Å². The summed E-state index contributed by atoms with van der Waals surface area (Å²) < 4.78 is 28.5. The summed E-state index contributed by atoms with van der Waals surface area (Å²) in [4.78, 5) is 0. The van der Waals surface area contributed by atoms with Gasteiger partial charge in [-0.1, -0.05) is 103 Å². The SMILES string of the molecule is CCOP(=O)(OCC)c1c2ccccc2c(C(c2ccccc2)c2ccccc2)n1-c1ccccc1. The van der Waals surface area contributed by atoms with E-state index >= 15 is 0 Å². The molecule has 5 aromatic rings. The number of aromatic nitrogens is 1. The van der Waals surface area contributed by atoms with E-state index in [1.165, 1.54) is 0 Å². The Bertz CT molecular complexity index is 1430. The highest BCUT2D eigenvalue weighted by molar-refractivity contribution is 7.62. The largest absolute Gasteiger partial charge is 0.378 e. The Hall–Kier alpha value is -3.43. The summed E-state index contributed by atoms with van der Waals surface area (Å²) in [6.07, 6.45) is 0. The van der Waals surface area contributed by atoms with Gasteiger partial charge in [0.1, 0.15) is 5.44 Å². The van der Waals surface area contributed by atoms with Crippen LogP contribution in [0.15, 0.2) is 115 Å². The Balaban J connectivity index is 1.95. The molecular weight excluding hydrogens is 465 g/mol. The van der Waals surface area contributed by atoms with Gasteiger partial charge in [0.15, 0.2) is 0 Å². The monoisotopic (exact) mass is 495 g/mol. The number of fused-ring (bicyclic) bond motifs is 1. The molecule has 182 valence electrons. The van der Waals surface area contributed by atoms with Gasteiger partial charge >= 0.3 is 7.60 Å². The molecule has 0 saturated carbocycles. The first-order valence-electron chi connectivity index (χ1n) is 12.4. The maximum Gasteiger partial charge on any atom is 0.378 e. The first-order chi connectivity index (χ1) is 17.7. The molecule has 5 heteroatoms. The molecule has 1 heterocycles. The lowest BCUT2D eigenvalue weighted by Gasteiger charge is -2.25. The van der Waals surface area contributed by atoms with Crippen LogP contribution in [0, 0.1) is 0 Å². The fraction of sp³-hybridized carbons (Fsp3) is 0.161. The van der Waals surface area contributed by atoms with Crippen molar-refractivity contribution in [1.29, 1.82) is 0 Å². The summed E-state index contributed by atoms with van der Waals surface area (Å²) in [7, 11) is -3.66. The van der Waals surface area contributed by atoms with E-state index in [1.54, 1.807) is 0 Å². The van der Waals surface area contributed by atoms with Crippen molar-refractivity contribution >= 4 is 23.8 Å². The second kappa shape index (κ2) is 10.7. The molecule has 0 spiro atoms. The first kappa shape index (κ1) is 24.3. The Morgan fingerprint density at radius 2 is 1.08 bits per heavy atom. The van der Waals surface area contributed by atoms with Crippen LogP contribution in [-0.2, 0) is 13.6 Å². The van der Waals surface area contributed by atoms with E-state index in [0.29, 0.717) is 5.44 Å². The molecule has 0 aliphatic carbocycles. The maximum atomic E-state index is 14.5. The zero-order chi connectivity index (χ0) is 25.0. The Morgan fingerprint density at radius 3 is 1.58 bits per heavy atom. The smallest absolute Gasteiger partial charge is 0.305 e. The lowest BCUT2D eigenvalue weighted by atomic mass is 9.87. The highest BCUT2D eigenvalue weighted by atomic mass is 31.2. The number of para-hydroxylation sites is 1. The summed E-state index contributed by atoms with van der Waals surface area (Å²) in [5, 5.41) is 1.90. The van der Waals surface area contributed by atoms with Crippen LogP contribution in [0.25, 0.3) is 16.5 Å². The molecule has 0 saturated heterocycles. The summed E-state index contributed by atoms with van der Waals surface area (Å²) >= 11 is 0. The molecule has 0 unspecified atom stereocenters. The minimum Gasteiger partial charge on any atom is -0.305 e. The summed E-state index contributed by atoms with van der Waals surface area (Å²) in [6, 6.07) is 39.1. The second-order valence-corrected chi connectivity index (χ2v) is 10.4. The summed E-state index contributed by atoms with van der Waals surface area (Å²) in [5.41, 5.74) is 4.82. The Labute approximate surface area is 212 Å². The molecule has 1 aromatic heterocycles. The molecule has 0 N–H and O–H groups in total. The van der Waals surface area contributed by atoms with Gasteiger partial charge in [-0.3, -0.25) is 4.57 Å². The van der Waals surface area contributed by atoms with E-state index in [9.17, 15) is 4.57 Å². The van der Waals surface area contributed by atoms with Crippen molar-refractivity contribution < 1.29 is 13.6 Å². The topological polar surface area (TPSA) is 40.5 Å². The highest BCUT2D eigenvalue weighted by Gasteiger charge is 2.37. The van der Waals surface area contributed by atoms with E-state index < -0.39 is 7.60 Å². The molecule has 5 rings (SSSR count). The minimum atomic E-state index is -3.66. The average molecular weight is 496 g/mol. The number of rotatable bonds is 9. The number of hydrogen-bond donors (Lipinski definition) is 0. The standard InChI is InChI=1S/C31H30NO3P/c1-3-34-36(33,35-4-2)31-28-23-15-14-22-27(28)30(32(31)26-20-12-7-13-21-26)29(24-16-8-5-9-17-24)25-18-10-6-11-19-25/h5-23,29H,3-4H2,1-2H3. The van der Waals surface area contributed by atoms with E-state index in [1.807, 2.05) is 74.5 Å². The summed E-state index contributed by atoms with van der Waals surface area (Å²) in [6.45, 7) is 4.26. The normalized spacial score (nSPS) is 11.9. The Morgan fingerprint density at radius 1 is 0.639 bits per heavy atom. The lowest BCUT2D eigenvalue weighted by molar-refractivity contribution is 0.229. The molecule has 0 aliphatic rings. The zero-order valence-corrected chi connectivity index (χ0v) is 21.5. The van der Waals surface area contributed by atoms with Gasteiger partial charge in [-0.15, -0.1) is 0 Å². The quantitative estimate of drug-likeness (QED) is 0.197. The van der Waals surface area contributed by atoms with Crippen LogP contribution in [0.1, 0.15) is 36.6 Å². The fourth-order valence-electron chi connectivity index (χ4n) is 4.95. The molecular formula is C31H30NO3P. The number of hydrogen-bond acceptors (Lipinski definition) is 3. The van der Waals surface area contributed by atoms with E-state index in [2.05, 4.69) is 59.2 Å². The second-order valence-electron chi connectivity index (χ2n) is 8.51. The molecule has 4 nitrogen and oxygen atoms in total. The van der Waals surface area contributed by atoms with Gasteiger partial charge in [-0.2, -0.15) is 0 Å². The molecule has 0 aliphatic heterocycles. The van der Waals surface area contributed by atoms with Gasteiger partial charge < -0.3 is 13.6 Å². The van der Waals surface area contributed by atoms with Gasteiger partial charge in [0.2, 0.25) is 0 Å². The average Bonchev–Trinajstić information content (AvgIpc) is 3.27. The summed E-state index contributed by atoms with van der Waals surface area (Å²) in [5.74, 6) is -0.108. The van der Waals surface area contributed by atoms with Crippen LogP contribution in [0.4, 0.5) is 0 Å². The van der Waals surface area contributed by atoms with Gasteiger partial charge in [-0.05, 0) is 37.1 Å². The van der Waals surface area contributed by atoms with Crippen molar-refractivity contribution in [3.05, 3.63) is 132 Å².